The third-order valence-electron chi connectivity index (χ3n) is 6.24. The smallest absolute Gasteiger partial charge is 0.273 e. The van der Waals surface area contributed by atoms with Gasteiger partial charge in [0.2, 0.25) is 5.91 Å². The van der Waals surface area contributed by atoms with Crippen LogP contribution in [0.2, 0.25) is 0 Å². The highest BCUT2D eigenvalue weighted by Gasteiger charge is 2.36. The predicted molar refractivity (Wildman–Crippen MR) is 154 cm³/mol. The van der Waals surface area contributed by atoms with Crippen molar-refractivity contribution in [2.24, 2.45) is 11.7 Å². The number of hydrogen-bond acceptors (Lipinski definition) is 7. The number of hydrogen-bond donors (Lipinski definition) is 3. The summed E-state index contributed by atoms with van der Waals surface area (Å²) in [4.78, 5) is 43.3. The maximum atomic E-state index is 14.2. The van der Waals surface area contributed by atoms with Crippen LogP contribution >= 0.6 is 11.5 Å². The summed E-state index contributed by atoms with van der Waals surface area (Å²) < 4.78 is 4.01. The normalized spacial score (nSPS) is 11.8. The average Bonchev–Trinajstić information content (AvgIpc) is 3.24. The molecule has 5 N–H and O–H groups in total. The summed E-state index contributed by atoms with van der Waals surface area (Å²) >= 11 is 0.792. The highest BCUT2D eigenvalue weighted by atomic mass is 32.1. The van der Waals surface area contributed by atoms with Gasteiger partial charge in [-0.3, -0.25) is 19.3 Å². The number of rotatable bonds is 10. The third kappa shape index (κ3) is 6.31. The molecular formula is C28H36N6O3S. The molecule has 0 fully saturated rings. The molecule has 1 aromatic heterocycles. The number of aryl methyl sites for hydroxylation is 2. The minimum atomic E-state index is -1.01. The fourth-order valence-electron chi connectivity index (χ4n) is 4.13. The Bertz CT molecular complexity index is 1320. The van der Waals surface area contributed by atoms with Gasteiger partial charge in [-0.05, 0) is 67.0 Å². The lowest BCUT2D eigenvalue weighted by Gasteiger charge is -2.32. The Labute approximate surface area is 228 Å². The van der Waals surface area contributed by atoms with Gasteiger partial charge in [-0.15, -0.1) is 0 Å². The topological polar surface area (TPSA) is 135 Å². The van der Waals surface area contributed by atoms with Crippen molar-refractivity contribution in [3.63, 3.8) is 0 Å². The lowest BCUT2D eigenvalue weighted by atomic mass is 10.00. The first kappa shape index (κ1) is 28.6. The number of primary amides is 1. The fraction of sp³-hybridized carbons (Fsp3) is 0.357. The third-order valence-corrected chi connectivity index (χ3v) is 7.09. The van der Waals surface area contributed by atoms with Crippen LogP contribution in [0.15, 0.2) is 42.5 Å². The van der Waals surface area contributed by atoms with Crippen molar-refractivity contribution in [3.8, 4) is 0 Å². The molecule has 0 radical (unpaired) electrons. The van der Waals surface area contributed by atoms with Gasteiger partial charge in [0.05, 0.1) is 5.69 Å². The predicted octanol–water partition coefficient (Wildman–Crippen LogP) is 4.06. The van der Waals surface area contributed by atoms with Gasteiger partial charge in [0.1, 0.15) is 10.9 Å². The lowest BCUT2D eigenvalue weighted by molar-refractivity contribution is -0.122. The van der Waals surface area contributed by atoms with E-state index in [9.17, 15) is 14.4 Å². The highest BCUT2D eigenvalue weighted by Crippen LogP contribution is 2.35. The number of benzene rings is 2. The highest BCUT2D eigenvalue weighted by molar-refractivity contribution is 7.09. The second kappa shape index (κ2) is 12.1. The number of nitrogen functional groups attached to an aromatic ring is 1. The summed E-state index contributed by atoms with van der Waals surface area (Å²) in [5.74, 6) is -1.29. The summed E-state index contributed by atoms with van der Waals surface area (Å²) in [6.07, 6.45) is 0.791. The van der Waals surface area contributed by atoms with Crippen LogP contribution in [0.4, 0.5) is 17.1 Å². The Morgan fingerprint density at radius 2 is 1.71 bits per heavy atom. The van der Waals surface area contributed by atoms with E-state index in [1.165, 1.54) is 4.90 Å². The molecule has 1 atom stereocenters. The zero-order valence-corrected chi connectivity index (χ0v) is 23.6. The van der Waals surface area contributed by atoms with Crippen LogP contribution in [0.3, 0.4) is 0 Å². The molecule has 0 saturated heterocycles. The van der Waals surface area contributed by atoms with Crippen LogP contribution in [0, 0.1) is 19.8 Å². The van der Waals surface area contributed by atoms with Crippen LogP contribution in [-0.4, -0.2) is 42.7 Å². The number of nitrogens with one attached hydrogen (secondary N) is 1. The molecule has 0 aliphatic heterocycles. The van der Waals surface area contributed by atoms with Crippen LogP contribution < -0.4 is 26.6 Å². The molecular weight excluding hydrogens is 500 g/mol. The van der Waals surface area contributed by atoms with E-state index >= 15 is 0 Å². The Kier molecular flexibility index (Phi) is 9.11. The zero-order chi connectivity index (χ0) is 28.1. The molecule has 3 amide bonds. The van der Waals surface area contributed by atoms with Gasteiger partial charge in [-0.1, -0.05) is 43.7 Å². The van der Waals surface area contributed by atoms with Gasteiger partial charge in [-0.2, -0.15) is 4.37 Å². The standard InChI is InChI=1S/C28H36N6O3S/c1-16(2)13-14-31-27(36)24(19-8-10-20(11-9-19)33(5)6)34(21-12-7-17(3)15-18(21)4)28(37)25-22(29)23(26(30)35)32-38-25/h7-12,15-16,24H,13-14,29H2,1-6H3,(H2,30,35)(H,31,36)/t24-/m0/s1. The second-order valence-electron chi connectivity index (χ2n) is 9.97. The molecule has 202 valence electrons. The first-order chi connectivity index (χ1) is 17.9. The summed E-state index contributed by atoms with van der Waals surface area (Å²) in [6.45, 7) is 8.47. The van der Waals surface area contributed by atoms with Crippen molar-refractivity contribution >= 4 is 46.3 Å². The van der Waals surface area contributed by atoms with Crippen LogP contribution in [0.25, 0.3) is 0 Å². The first-order valence-electron chi connectivity index (χ1n) is 12.4. The summed E-state index contributed by atoms with van der Waals surface area (Å²) in [6, 6.07) is 12.1. The van der Waals surface area contributed by atoms with Gasteiger partial charge in [0.25, 0.3) is 11.8 Å². The van der Waals surface area contributed by atoms with Gasteiger partial charge in [0, 0.05) is 32.0 Å². The largest absolute Gasteiger partial charge is 0.395 e. The number of nitrogens with two attached hydrogens (primary N) is 2. The SMILES string of the molecule is Cc1ccc(N(C(=O)c2snc(C(N)=O)c2N)[C@H](C(=O)NCCC(C)C)c2ccc(N(C)C)cc2)c(C)c1. The van der Waals surface area contributed by atoms with Gasteiger partial charge >= 0.3 is 0 Å². The lowest BCUT2D eigenvalue weighted by Crippen LogP contribution is -2.44. The van der Waals surface area contributed by atoms with Gasteiger partial charge < -0.3 is 21.7 Å². The molecule has 2 aromatic carbocycles. The fourth-order valence-corrected chi connectivity index (χ4v) is 4.88. The Hall–Kier alpha value is -3.92. The van der Waals surface area contributed by atoms with Crippen molar-refractivity contribution in [3.05, 3.63) is 69.7 Å². The van der Waals surface area contributed by atoms with Crippen LogP contribution in [-0.2, 0) is 4.79 Å². The van der Waals surface area contributed by atoms with E-state index in [4.69, 9.17) is 11.5 Å². The Morgan fingerprint density at radius 1 is 1.05 bits per heavy atom. The number of nitrogens with zero attached hydrogens (tertiary/aromatic N) is 3. The van der Waals surface area contributed by atoms with E-state index < -0.39 is 17.9 Å². The minimum absolute atomic E-state index is 0.0451. The number of carbonyl (C=O) groups is 3. The molecule has 0 saturated carbocycles. The zero-order valence-electron chi connectivity index (χ0n) is 22.7. The average molecular weight is 537 g/mol. The van der Waals surface area contributed by atoms with E-state index in [-0.39, 0.29) is 22.2 Å². The number of anilines is 3. The summed E-state index contributed by atoms with van der Waals surface area (Å²) in [7, 11) is 3.86. The molecule has 0 bridgehead atoms. The van der Waals surface area contributed by atoms with Crippen molar-refractivity contribution in [1.82, 2.24) is 9.69 Å². The van der Waals surface area contributed by atoms with Gasteiger partial charge in [-0.25, -0.2) is 0 Å². The van der Waals surface area contributed by atoms with Crippen LogP contribution in [0.5, 0.6) is 0 Å². The summed E-state index contributed by atoms with van der Waals surface area (Å²) in [5.41, 5.74) is 15.3. The van der Waals surface area contributed by atoms with E-state index in [2.05, 4.69) is 23.5 Å². The number of carbonyl (C=O) groups excluding carboxylic acids is 3. The van der Waals surface area contributed by atoms with E-state index in [0.717, 1.165) is 34.8 Å². The Balaban J connectivity index is 2.21. The maximum absolute atomic E-state index is 14.2. The van der Waals surface area contributed by atoms with Gasteiger partial charge in [0.15, 0.2) is 5.69 Å². The first-order valence-corrected chi connectivity index (χ1v) is 13.2. The van der Waals surface area contributed by atoms with Crippen molar-refractivity contribution < 1.29 is 14.4 Å². The molecule has 38 heavy (non-hydrogen) atoms. The number of aromatic nitrogens is 1. The molecule has 3 aromatic rings. The summed E-state index contributed by atoms with van der Waals surface area (Å²) in [5, 5.41) is 3.01. The van der Waals surface area contributed by atoms with E-state index in [1.807, 2.05) is 75.3 Å². The molecule has 9 nitrogen and oxygen atoms in total. The van der Waals surface area contributed by atoms with Crippen molar-refractivity contribution in [2.45, 2.75) is 40.2 Å². The van der Waals surface area contributed by atoms with Crippen LogP contribution in [0.1, 0.15) is 63.2 Å². The molecule has 10 heteroatoms. The molecule has 3 rings (SSSR count). The number of amides is 3. The second-order valence-corrected chi connectivity index (χ2v) is 10.7. The van der Waals surface area contributed by atoms with Crippen molar-refractivity contribution in [2.75, 3.05) is 36.2 Å². The van der Waals surface area contributed by atoms with E-state index in [1.54, 1.807) is 0 Å². The molecule has 1 heterocycles. The minimum Gasteiger partial charge on any atom is -0.395 e. The van der Waals surface area contributed by atoms with Crippen molar-refractivity contribution in [1.29, 1.82) is 0 Å². The Morgan fingerprint density at radius 3 is 2.24 bits per heavy atom. The molecule has 0 aliphatic rings. The quantitative estimate of drug-likeness (QED) is 0.358. The molecule has 0 spiro atoms. The molecule has 0 unspecified atom stereocenters. The monoisotopic (exact) mass is 536 g/mol. The maximum Gasteiger partial charge on any atom is 0.273 e. The van der Waals surface area contributed by atoms with E-state index in [0.29, 0.717) is 23.7 Å². The molecule has 0 aliphatic carbocycles.